The average molecular weight is 304 g/mol. The number of hydrogen-bond donors (Lipinski definition) is 1. The molecule has 116 valence electrons. The smallest absolute Gasteiger partial charge is 0.408 e. The lowest BCUT2D eigenvalue weighted by Gasteiger charge is -2.22. The molecule has 1 atom stereocenters. The monoisotopic (exact) mass is 304 g/mol. The Kier molecular flexibility index (Phi) is 3.20. The summed E-state index contributed by atoms with van der Waals surface area (Å²) in [5.74, 6) is -0.439. The number of hydrogen-bond acceptors (Lipinski definition) is 3. The van der Waals surface area contributed by atoms with Gasteiger partial charge in [-0.2, -0.15) is 0 Å². The zero-order valence-electron chi connectivity index (χ0n) is 12.6. The van der Waals surface area contributed by atoms with Crippen molar-refractivity contribution in [2.24, 2.45) is 0 Å². The van der Waals surface area contributed by atoms with Crippen molar-refractivity contribution in [3.63, 3.8) is 0 Å². The summed E-state index contributed by atoms with van der Waals surface area (Å²) in [4.78, 5) is 23.9. The summed E-state index contributed by atoms with van der Waals surface area (Å²) in [5, 5.41) is 3.42. The molecule has 1 aromatic heterocycles. The molecular weight excluding hydrogens is 287 g/mol. The van der Waals surface area contributed by atoms with Gasteiger partial charge in [-0.15, -0.1) is 0 Å². The van der Waals surface area contributed by atoms with Crippen LogP contribution >= 0.6 is 0 Å². The summed E-state index contributed by atoms with van der Waals surface area (Å²) in [6, 6.07) is 5.46. The third kappa shape index (κ3) is 2.45. The van der Waals surface area contributed by atoms with E-state index >= 15 is 0 Å². The molecular formula is C16H17FN2O3. The molecule has 2 heterocycles. The van der Waals surface area contributed by atoms with E-state index < -0.39 is 23.6 Å². The molecule has 0 bridgehead atoms. The van der Waals surface area contributed by atoms with Crippen LogP contribution in [0.15, 0.2) is 29.1 Å². The molecule has 0 aliphatic carbocycles. The van der Waals surface area contributed by atoms with E-state index in [0.717, 1.165) is 5.39 Å². The Bertz CT molecular complexity index is 820. The summed E-state index contributed by atoms with van der Waals surface area (Å²) in [6.45, 7) is 5.46. The van der Waals surface area contributed by atoms with Gasteiger partial charge >= 0.3 is 6.09 Å². The number of alkyl carbamates (subject to hydrolysis) is 1. The maximum absolute atomic E-state index is 14.2. The molecule has 0 radical (unpaired) electrons. The number of nitrogens with zero attached hydrogens (tertiary/aromatic N) is 1. The van der Waals surface area contributed by atoms with Crippen LogP contribution < -0.4 is 10.9 Å². The summed E-state index contributed by atoms with van der Waals surface area (Å²) in [7, 11) is 0. The van der Waals surface area contributed by atoms with Crippen LogP contribution in [0.1, 0.15) is 32.4 Å². The Morgan fingerprint density at radius 3 is 2.68 bits per heavy atom. The number of carbonyl (C=O) groups excluding carboxylic acids is 1. The van der Waals surface area contributed by atoms with E-state index in [-0.39, 0.29) is 12.1 Å². The van der Waals surface area contributed by atoms with E-state index in [4.69, 9.17) is 4.74 Å². The fourth-order valence-electron chi connectivity index (χ4n) is 2.75. The fourth-order valence-corrected chi connectivity index (χ4v) is 2.75. The lowest BCUT2D eigenvalue weighted by atomic mass is 10.1. The zero-order chi connectivity index (χ0) is 16.1. The first-order chi connectivity index (χ1) is 10.3. The van der Waals surface area contributed by atoms with Gasteiger partial charge in [0.2, 0.25) is 0 Å². The number of ether oxygens (including phenoxy) is 1. The predicted molar refractivity (Wildman–Crippen MR) is 80.3 cm³/mol. The Morgan fingerprint density at radius 2 is 2.00 bits per heavy atom. The SMILES string of the molecule is CC(C)(C)OC(=O)N[C@@H]1Cn2c(=O)ccc3ccc(F)c1c32. The third-order valence-corrected chi connectivity index (χ3v) is 3.54. The minimum Gasteiger partial charge on any atom is -0.444 e. The van der Waals surface area contributed by atoms with Crippen LogP contribution in [0.5, 0.6) is 0 Å². The quantitative estimate of drug-likeness (QED) is 0.881. The summed E-state index contributed by atoms with van der Waals surface area (Å²) >= 11 is 0. The standard InChI is InChI=1S/C16H17FN2O3/c1-16(2,3)22-15(21)18-11-8-19-12(20)7-5-9-4-6-10(17)13(11)14(9)19/h4-7,11H,8H2,1-3H3,(H,18,21)/t11-/m1/s1. The van der Waals surface area contributed by atoms with E-state index in [9.17, 15) is 14.0 Å². The summed E-state index contributed by atoms with van der Waals surface area (Å²) in [5.41, 5.74) is 0.0131. The topological polar surface area (TPSA) is 60.3 Å². The number of rotatable bonds is 1. The number of pyridine rings is 1. The van der Waals surface area contributed by atoms with Crippen LogP contribution in [-0.4, -0.2) is 16.3 Å². The zero-order valence-corrected chi connectivity index (χ0v) is 12.6. The molecule has 2 aromatic rings. The van der Waals surface area contributed by atoms with Gasteiger partial charge in [0, 0.05) is 11.6 Å². The molecule has 0 saturated heterocycles. The number of aromatic nitrogens is 1. The van der Waals surface area contributed by atoms with Crippen molar-refractivity contribution in [1.82, 2.24) is 9.88 Å². The first kappa shape index (κ1) is 14.6. The molecule has 0 spiro atoms. The second kappa shape index (κ2) is 4.83. The highest BCUT2D eigenvalue weighted by atomic mass is 19.1. The normalized spacial score (nSPS) is 16.8. The van der Waals surface area contributed by atoms with Crippen LogP contribution in [0.3, 0.4) is 0 Å². The first-order valence-electron chi connectivity index (χ1n) is 7.08. The summed E-state index contributed by atoms with van der Waals surface area (Å²) < 4.78 is 20.9. The highest BCUT2D eigenvalue weighted by Crippen LogP contribution is 2.33. The Hall–Kier alpha value is -2.37. The highest BCUT2D eigenvalue weighted by Gasteiger charge is 2.30. The van der Waals surface area contributed by atoms with Crippen molar-refractivity contribution >= 4 is 17.0 Å². The Balaban J connectivity index is 2.00. The maximum atomic E-state index is 14.2. The van der Waals surface area contributed by atoms with Crippen LogP contribution in [0, 0.1) is 5.82 Å². The fraction of sp³-hybridized carbons (Fsp3) is 0.375. The van der Waals surface area contributed by atoms with E-state index in [2.05, 4.69) is 5.32 Å². The van der Waals surface area contributed by atoms with Gasteiger partial charge in [-0.25, -0.2) is 9.18 Å². The molecule has 1 aromatic carbocycles. The molecule has 5 nitrogen and oxygen atoms in total. The molecule has 0 unspecified atom stereocenters. The van der Waals surface area contributed by atoms with Gasteiger partial charge in [0.25, 0.3) is 5.56 Å². The molecule has 0 fully saturated rings. The van der Waals surface area contributed by atoms with E-state index in [1.165, 1.54) is 16.7 Å². The molecule has 1 amide bonds. The first-order valence-corrected chi connectivity index (χ1v) is 7.08. The molecule has 6 heteroatoms. The molecule has 0 saturated carbocycles. The van der Waals surface area contributed by atoms with Crippen LogP contribution in [0.2, 0.25) is 0 Å². The number of carbonyl (C=O) groups is 1. The third-order valence-electron chi connectivity index (χ3n) is 3.54. The van der Waals surface area contributed by atoms with Crippen molar-refractivity contribution < 1.29 is 13.9 Å². The van der Waals surface area contributed by atoms with E-state index in [0.29, 0.717) is 11.1 Å². The minimum atomic E-state index is -0.642. The predicted octanol–water partition coefficient (Wildman–Crippen LogP) is 2.72. The second-order valence-corrected chi connectivity index (χ2v) is 6.38. The maximum Gasteiger partial charge on any atom is 0.408 e. The molecule has 1 aliphatic heterocycles. The molecule has 22 heavy (non-hydrogen) atoms. The lowest BCUT2D eigenvalue weighted by Crippen LogP contribution is -2.35. The van der Waals surface area contributed by atoms with Crippen molar-refractivity contribution in [1.29, 1.82) is 0 Å². The van der Waals surface area contributed by atoms with Gasteiger partial charge in [0.1, 0.15) is 11.4 Å². The van der Waals surface area contributed by atoms with Gasteiger partial charge in [-0.1, -0.05) is 0 Å². The lowest BCUT2D eigenvalue weighted by molar-refractivity contribution is 0.0501. The molecule has 1 N–H and O–H groups in total. The largest absolute Gasteiger partial charge is 0.444 e. The molecule has 3 rings (SSSR count). The van der Waals surface area contributed by atoms with Gasteiger partial charge in [0.05, 0.1) is 18.1 Å². The van der Waals surface area contributed by atoms with Gasteiger partial charge < -0.3 is 14.6 Å². The van der Waals surface area contributed by atoms with Crippen LogP contribution in [-0.2, 0) is 11.3 Å². The van der Waals surface area contributed by atoms with Crippen LogP contribution in [0.4, 0.5) is 9.18 Å². The van der Waals surface area contributed by atoms with Crippen molar-refractivity contribution in [2.45, 2.75) is 39.0 Å². The van der Waals surface area contributed by atoms with E-state index in [1.807, 2.05) is 0 Å². The van der Waals surface area contributed by atoms with Crippen molar-refractivity contribution in [3.8, 4) is 0 Å². The van der Waals surface area contributed by atoms with Gasteiger partial charge in [0.15, 0.2) is 0 Å². The average Bonchev–Trinajstić information content (AvgIpc) is 2.76. The summed E-state index contributed by atoms with van der Waals surface area (Å²) in [6.07, 6.45) is -0.630. The highest BCUT2D eigenvalue weighted by molar-refractivity contribution is 5.85. The van der Waals surface area contributed by atoms with E-state index in [1.54, 1.807) is 32.9 Å². The van der Waals surface area contributed by atoms with Gasteiger partial charge in [-0.3, -0.25) is 4.79 Å². The molecule has 1 aliphatic rings. The van der Waals surface area contributed by atoms with Crippen molar-refractivity contribution in [2.75, 3.05) is 0 Å². The van der Waals surface area contributed by atoms with Gasteiger partial charge in [-0.05, 0) is 44.4 Å². The number of nitrogens with one attached hydrogen (secondary N) is 1. The number of halogens is 1. The second-order valence-electron chi connectivity index (χ2n) is 6.38. The van der Waals surface area contributed by atoms with Crippen molar-refractivity contribution in [3.05, 3.63) is 46.0 Å². The minimum absolute atomic E-state index is 0.200. The Labute approximate surface area is 126 Å². The number of amides is 1. The Morgan fingerprint density at radius 1 is 1.32 bits per heavy atom. The van der Waals surface area contributed by atoms with Crippen LogP contribution in [0.25, 0.3) is 10.9 Å². The number of benzene rings is 1.